The molecule has 7 aromatic rings. The maximum Gasteiger partial charge on any atom is 0.380 e. The Bertz CT molecular complexity index is 3030. The topological polar surface area (TPSA) is 57.4 Å². The van der Waals surface area contributed by atoms with Crippen LogP contribution >= 0.6 is 11.6 Å². The third kappa shape index (κ3) is 5.24. The van der Waals surface area contributed by atoms with Gasteiger partial charge < -0.3 is 9.97 Å². The summed E-state index contributed by atoms with van der Waals surface area (Å²) in [6.07, 6.45) is 3.77. The highest BCUT2D eigenvalue weighted by molar-refractivity contribution is 6.30. The Labute approximate surface area is 331 Å². The van der Waals surface area contributed by atoms with Gasteiger partial charge in [0, 0.05) is 49.3 Å². The molecule has 5 heterocycles. The van der Waals surface area contributed by atoms with E-state index in [1.165, 1.54) is 24.3 Å². The van der Waals surface area contributed by atoms with Crippen molar-refractivity contribution >= 4 is 57.0 Å². The summed E-state index contributed by atoms with van der Waals surface area (Å²) in [6, 6.07) is 39.6. The molecule has 4 nitrogen and oxygen atoms in total. The standard InChI is InChI=1S/C47H27ClF6N4/c48-30-18-16-29(17-19-30)40-36-25-23-34(57-36)38(27-12-6-2-7-13-27)32-21-20-31(55-32)37(26-10-4-1-5-11-26)33-22-24-35(56-33)39(28-14-8-3-9-15-28)43-41-42(44(40)58-43)46(51,52)47(53,54)45(41,49)50/h1-25,56-57H. The number of fused-ring (bicyclic) bond motifs is 10. The van der Waals surface area contributed by atoms with E-state index in [1.807, 2.05) is 72.8 Å². The normalized spacial score (nSPS) is 16.1. The predicted molar refractivity (Wildman–Crippen MR) is 218 cm³/mol. The van der Waals surface area contributed by atoms with Crippen LogP contribution in [0.15, 0.2) is 140 Å². The zero-order valence-corrected chi connectivity index (χ0v) is 30.7. The molecule has 3 aliphatic rings. The minimum absolute atomic E-state index is 0.0690. The van der Waals surface area contributed by atoms with Crippen LogP contribution in [-0.4, -0.2) is 37.7 Å². The van der Waals surface area contributed by atoms with E-state index in [2.05, 4.69) is 15.0 Å². The molecular formula is C47H27ClF6N4. The second-order valence-corrected chi connectivity index (χ2v) is 14.6. The Morgan fingerprint density at radius 3 is 1.14 bits per heavy atom. The predicted octanol–water partition coefficient (Wildman–Crippen LogP) is 13.6. The van der Waals surface area contributed by atoms with Crippen LogP contribution in [0.4, 0.5) is 26.3 Å². The molecule has 0 amide bonds. The van der Waals surface area contributed by atoms with Gasteiger partial charge in [-0.15, -0.1) is 0 Å². The minimum atomic E-state index is -5.80. The fourth-order valence-electron chi connectivity index (χ4n) is 8.11. The number of rotatable bonds is 4. The molecule has 4 aromatic carbocycles. The quantitative estimate of drug-likeness (QED) is 0.174. The van der Waals surface area contributed by atoms with E-state index < -0.39 is 40.3 Å². The lowest BCUT2D eigenvalue weighted by molar-refractivity contribution is -0.254. The summed E-state index contributed by atoms with van der Waals surface area (Å²) >= 11 is 6.26. The van der Waals surface area contributed by atoms with Crippen molar-refractivity contribution in [3.8, 4) is 44.5 Å². The lowest BCUT2D eigenvalue weighted by atomic mass is 9.95. The molecule has 8 bridgehead atoms. The van der Waals surface area contributed by atoms with Crippen LogP contribution in [-0.2, 0) is 0 Å². The first-order chi connectivity index (χ1) is 28.0. The molecule has 11 heteroatoms. The molecule has 2 N–H and O–H groups in total. The van der Waals surface area contributed by atoms with Gasteiger partial charge in [-0.25, -0.2) is 9.97 Å². The van der Waals surface area contributed by atoms with Crippen LogP contribution < -0.4 is 0 Å². The summed E-state index contributed by atoms with van der Waals surface area (Å²) in [4.78, 5) is 16.4. The first kappa shape index (κ1) is 35.7. The second kappa shape index (κ2) is 12.9. The van der Waals surface area contributed by atoms with Crippen molar-refractivity contribution in [1.29, 1.82) is 0 Å². The number of halogens is 7. The molecule has 284 valence electrons. The first-order valence-electron chi connectivity index (χ1n) is 18.3. The highest BCUT2D eigenvalue weighted by Gasteiger charge is 2.82. The van der Waals surface area contributed by atoms with Crippen LogP contribution in [0.3, 0.4) is 0 Å². The van der Waals surface area contributed by atoms with Crippen LogP contribution in [0, 0.1) is 0 Å². The summed E-state index contributed by atoms with van der Waals surface area (Å²) in [5.41, 5.74) is 1.15. The van der Waals surface area contributed by atoms with Gasteiger partial charge in [0.25, 0.3) is 0 Å². The minimum Gasteiger partial charge on any atom is -0.354 e. The summed E-state index contributed by atoms with van der Waals surface area (Å²) < 4.78 is 97.4. The van der Waals surface area contributed by atoms with Crippen molar-refractivity contribution in [2.45, 2.75) is 17.8 Å². The third-order valence-corrected chi connectivity index (χ3v) is 11.0. The van der Waals surface area contributed by atoms with Crippen LogP contribution in [0.25, 0.3) is 89.9 Å². The van der Waals surface area contributed by atoms with Gasteiger partial charge in [-0.1, -0.05) is 115 Å². The average Bonchev–Trinajstić information content (AvgIpc) is 4.07. The number of aromatic nitrogens is 4. The molecule has 0 atom stereocenters. The number of nitrogens with one attached hydrogen (secondary N) is 2. The van der Waals surface area contributed by atoms with Gasteiger partial charge >= 0.3 is 17.8 Å². The fraction of sp³-hybridized carbons (Fsp3) is 0.0638. The molecule has 0 unspecified atom stereocenters. The van der Waals surface area contributed by atoms with Crippen LogP contribution in [0.5, 0.6) is 0 Å². The van der Waals surface area contributed by atoms with Crippen molar-refractivity contribution < 1.29 is 26.3 Å². The maximum atomic E-state index is 16.5. The molecule has 1 aliphatic carbocycles. The number of benzene rings is 4. The van der Waals surface area contributed by atoms with E-state index in [0.717, 1.165) is 11.1 Å². The zero-order valence-electron chi connectivity index (χ0n) is 30.0. The van der Waals surface area contributed by atoms with Gasteiger partial charge in [0.05, 0.1) is 33.9 Å². The van der Waals surface area contributed by atoms with E-state index in [1.54, 1.807) is 54.6 Å². The number of H-pyrrole nitrogens is 2. The Morgan fingerprint density at radius 2 is 0.741 bits per heavy atom. The van der Waals surface area contributed by atoms with Crippen LogP contribution in [0.1, 0.15) is 22.8 Å². The number of allylic oxidation sites excluding steroid dienone is 2. The molecule has 0 radical (unpaired) electrons. The highest BCUT2D eigenvalue weighted by Crippen LogP contribution is 2.67. The molecule has 10 rings (SSSR count). The zero-order chi connectivity index (χ0) is 40.0. The number of nitrogens with zero attached hydrogens (tertiary/aromatic N) is 2. The summed E-state index contributed by atoms with van der Waals surface area (Å²) in [6.45, 7) is 0. The molecule has 0 fully saturated rings. The highest BCUT2D eigenvalue weighted by atomic mass is 35.5. The van der Waals surface area contributed by atoms with E-state index in [4.69, 9.17) is 16.6 Å². The molecule has 2 aliphatic heterocycles. The molecule has 0 saturated carbocycles. The molecule has 3 aromatic heterocycles. The van der Waals surface area contributed by atoms with E-state index in [-0.39, 0.29) is 33.3 Å². The summed E-state index contributed by atoms with van der Waals surface area (Å²) in [7, 11) is 0. The first-order valence-corrected chi connectivity index (χ1v) is 18.6. The van der Waals surface area contributed by atoms with Crippen LogP contribution in [0.2, 0.25) is 5.02 Å². The Morgan fingerprint density at radius 1 is 0.397 bits per heavy atom. The number of hydrogen-bond acceptors (Lipinski definition) is 2. The third-order valence-electron chi connectivity index (χ3n) is 10.8. The smallest absolute Gasteiger partial charge is 0.354 e. The maximum absolute atomic E-state index is 16.5. The van der Waals surface area contributed by atoms with E-state index in [0.29, 0.717) is 38.6 Å². The Hall–Kier alpha value is -6.65. The van der Waals surface area contributed by atoms with Gasteiger partial charge in [-0.2, -0.15) is 26.3 Å². The Kier molecular flexibility index (Phi) is 7.97. The average molecular weight is 797 g/mol. The summed E-state index contributed by atoms with van der Waals surface area (Å²) in [5, 5.41) is 0.307. The monoisotopic (exact) mass is 796 g/mol. The van der Waals surface area contributed by atoms with Gasteiger partial charge in [0.15, 0.2) is 0 Å². The van der Waals surface area contributed by atoms with Crippen molar-refractivity contribution in [3.63, 3.8) is 0 Å². The lowest BCUT2D eigenvalue weighted by Gasteiger charge is -2.27. The van der Waals surface area contributed by atoms with Gasteiger partial charge in [0.2, 0.25) is 0 Å². The SMILES string of the molecule is FC1(F)C2=C(c3nc2c(-c2ccccc2)c2ccc([nH]2)c(-c2ccccc2)c2nc(c(-c4ccccc4)c4ccc([nH]4)c3-c3ccc(Cl)cc3)C=C2)C(F)(F)C1(F)F. The molecular weight excluding hydrogens is 770 g/mol. The number of aromatic amines is 2. The number of alkyl halides is 6. The van der Waals surface area contributed by atoms with E-state index in [9.17, 15) is 0 Å². The van der Waals surface area contributed by atoms with Gasteiger partial charge in [-0.05, 0) is 70.8 Å². The van der Waals surface area contributed by atoms with Gasteiger partial charge in [0.1, 0.15) is 0 Å². The van der Waals surface area contributed by atoms with E-state index >= 15 is 26.3 Å². The number of hydrogen-bond donors (Lipinski definition) is 2. The largest absolute Gasteiger partial charge is 0.380 e. The molecule has 58 heavy (non-hydrogen) atoms. The molecule has 0 spiro atoms. The fourth-order valence-corrected chi connectivity index (χ4v) is 8.24. The van der Waals surface area contributed by atoms with Crippen molar-refractivity contribution in [2.75, 3.05) is 0 Å². The lowest BCUT2D eigenvalue weighted by Crippen LogP contribution is -2.49. The Balaban J connectivity index is 1.48. The summed E-state index contributed by atoms with van der Waals surface area (Å²) in [5.74, 6) is -16.5. The van der Waals surface area contributed by atoms with Gasteiger partial charge in [-0.3, -0.25) is 0 Å². The van der Waals surface area contributed by atoms with Crippen molar-refractivity contribution in [2.24, 2.45) is 0 Å². The molecule has 0 saturated heterocycles. The van der Waals surface area contributed by atoms with Crippen molar-refractivity contribution in [3.05, 3.63) is 167 Å². The van der Waals surface area contributed by atoms with Crippen molar-refractivity contribution in [1.82, 2.24) is 19.9 Å². The second-order valence-electron chi connectivity index (χ2n) is 14.2.